The highest BCUT2D eigenvalue weighted by Gasteiger charge is 2.18. The molecule has 1 atom stereocenters. The Morgan fingerprint density at radius 1 is 1.25 bits per heavy atom. The van der Waals surface area contributed by atoms with Crippen molar-refractivity contribution >= 4 is 5.91 Å². The molecule has 0 aliphatic heterocycles. The van der Waals surface area contributed by atoms with Crippen molar-refractivity contribution in [3.63, 3.8) is 0 Å². The summed E-state index contributed by atoms with van der Waals surface area (Å²) in [5, 5.41) is 2.95. The van der Waals surface area contributed by atoms with Crippen LogP contribution in [0.4, 0.5) is 0 Å². The maximum Gasteiger partial charge on any atom is 0.237 e. The van der Waals surface area contributed by atoms with Gasteiger partial charge in [0.05, 0.1) is 18.8 Å². The van der Waals surface area contributed by atoms with Gasteiger partial charge in [-0.15, -0.1) is 0 Å². The highest BCUT2D eigenvalue weighted by molar-refractivity contribution is 5.81. The first-order valence-electron chi connectivity index (χ1n) is 6.71. The van der Waals surface area contributed by atoms with Crippen molar-refractivity contribution in [2.75, 3.05) is 7.05 Å². The topological polar surface area (TPSA) is 45.5 Å². The molecular weight excluding hydrogens is 252 g/mol. The second-order valence-electron chi connectivity index (χ2n) is 4.87. The molecular formula is C16H20N2O2. The highest BCUT2D eigenvalue weighted by Crippen LogP contribution is 2.07. The van der Waals surface area contributed by atoms with Crippen molar-refractivity contribution in [3.8, 4) is 0 Å². The van der Waals surface area contributed by atoms with E-state index in [1.807, 2.05) is 61.3 Å². The minimum atomic E-state index is -0.205. The molecule has 1 amide bonds. The molecule has 0 bridgehead atoms. The second kappa shape index (κ2) is 6.91. The largest absolute Gasteiger partial charge is 0.468 e. The van der Waals surface area contributed by atoms with E-state index in [1.165, 1.54) is 0 Å². The number of nitrogens with one attached hydrogen (secondary N) is 1. The van der Waals surface area contributed by atoms with Crippen molar-refractivity contribution in [2.24, 2.45) is 0 Å². The summed E-state index contributed by atoms with van der Waals surface area (Å²) in [5.74, 6) is 0.873. The van der Waals surface area contributed by atoms with E-state index in [2.05, 4.69) is 5.32 Å². The number of rotatable bonds is 6. The molecule has 4 heteroatoms. The van der Waals surface area contributed by atoms with E-state index in [0.717, 1.165) is 11.3 Å². The Labute approximate surface area is 119 Å². The first kappa shape index (κ1) is 14.3. The van der Waals surface area contributed by atoms with Gasteiger partial charge < -0.3 is 9.73 Å². The number of carbonyl (C=O) groups is 1. The monoisotopic (exact) mass is 272 g/mol. The van der Waals surface area contributed by atoms with Crippen LogP contribution in [0.1, 0.15) is 18.2 Å². The summed E-state index contributed by atoms with van der Waals surface area (Å²) < 4.78 is 5.29. The Balaban J connectivity index is 1.82. The number of carbonyl (C=O) groups excluding carboxylic acids is 1. The van der Waals surface area contributed by atoms with Crippen molar-refractivity contribution in [1.29, 1.82) is 0 Å². The van der Waals surface area contributed by atoms with E-state index in [0.29, 0.717) is 13.1 Å². The lowest BCUT2D eigenvalue weighted by atomic mass is 10.2. The summed E-state index contributed by atoms with van der Waals surface area (Å²) in [5.41, 5.74) is 1.10. The molecule has 0 unspecified atom stereocenters. The summed E-state index contributed by atoms with van der Waals surface area (Å²) in [4.78, 5) is 14.1. The van der Waals surface area contributed by atoms with Crippen molar-refractivity contribution < 1.29 is 9.21 Å². The van der Waals surface area contributed by atoms with E-state index >= 15 is 0 Å². The Kier molecular flexibility index (Phi) is 4.96. The molecule has 2 rings (SSSR count). The fraction of sp³-hybridized carbons (Fsp3) is 0.312. The maximum absolute atomic E-state index is 12.1. The predicted molar refractivity (Wildman–Crippen MR) is 77.9 cm³/mol. The average Bonchev–Trinajstić information content (AvgIpc) is 2.98. The van der Waals surface area contributed by atoms with Crippen LogP contribution in [0.15, 0.2) is 53.1 Å². The van der Waals surface area contributed by atoms with Crippen LogP contribution in [-0.4, -0.2) is 23.9 Å². The van der Waals surface area contributed by atoms with Crippen LogP contribution < -0.4 is 5.32 Å². The molecule has 106 valence electrons. The summed E-state index contributed by atoms with van der Waals surface area (Å²) in [6.45, 7) is 3.06. The number of hydrogen-bond donors (Lipinski definition) is 1. The Hall–Kier alpha value is -2.07. The van der Waals surface area contributed by atoms with Gasteiger partial charge in [-0.25, -0.2) is 0 Å². The van der Waals surface area contributed by atoms with Gasteiger partial charge in [0, 0.05) is 6.54 Å². The average molecular weight is 272 g/mol. The normalized spacial score (nSPS) is 12.3. The lowest BCUT2D eigenvalue weighted by Crippen LogP contribution is -2.42. The van der Waals surface area contributed by atoms with Gasteiger partial charge in [-0.2, -0.15) is 0 Å². The van der Waals surface area contributed by atoms with Crippen LogP contribution >= 0.6 is 0 Å². The van der Waals surface area contributed by atoms with Gasteiger partial charge in [0.15, 0.2) is 0 Å². The van der Waals surface area contributed by atoms with Gasteiger partial charge in [0.1, 0.15) is 5.76 Å². The summed E-state index contributed by atoms with van der Waals surface area (Å²) in [7, 11) is 1.91. The molecule has 0 aliphatic carbocycles. The van der Waals surface area contributed by atoms with E-state index < -0.39 is 0 Å². The zero-order valence-electron chi connectivity index (χ0n) is 11.9. The number of nitrogens with zero attached hydrogens (tertiary/aromatic N) is 1. The van der Waals surface area contributed by atoms with E-state index in [-0.39, 0.29) is 11.9 Å². The predicted octanol–water partition coefficient (Wildman–Crippen LogP) is 2.42. The molecule has 0 fully saturated rings. The molecule has 1 heterocycles. The van der Waals surface area contributed by atoms with Crippen LogP contribution in [0.2, 0.25) is 0 Å². The molecule has 1 aromatic heterocycles. The lowest BCUT2D eigenvalue weighted by molar-refractivity contribution is -0.125. The number of benzene rings is 1. The molecule has 1 N–H and O–H groups in total. The van der Waals surface area contributed by atoms with Gasteiger partial charge >= 0.3 is 0 Å². The quantitative estimate of drug-likeness (QED) is 0.878. The van der Waals surface area contributed by atoms with Crippen LogP contribution in [0, 0.1) is 0 Å². The summed E-state index contributed by atoms with van der Waals surface area (Å²) in [6.07, 6.45) is 1.64. The standard InChI is InChI=1S/C16H20N2O2/c1-13(18(2)12-15-9-6-10-20-15)16(19)17-11-14-7-4-3-5-8-14/h3-10,13H,11-12H2,1-2H3,(H,17,19)/t13-/m0/s1. The van der Waals surface area contributed by atoms with Crippen molar-refractivity contribution in [2.45, 2.75) is 26.1 Å². The molecule has 20 heavy (non-hydrogen) atoms. The zero-order chi connectivity index (χ0) is 14.4. The molecule has 0 aliphatic rings. The lowest BCUT2D eigenvalue weighted by Gasteiger charge is -2.22. The first-order chi connectivity index (χ1) is 9.66. The third kappa shape index (κ3) is 3.96. The molecule has 0 spiro atoms. The van der Waals surface area contributed by atoms with Gasteiger partial charge in [0.25, 0.3) is 0 Å². The molecule has 2 aromatic rings. The van der Waals surface area contributed by atoms with E-state index in [4.69, 9.17) is 4.42 Å². The van der Waals surface area contributed by atoms with E-state index in [9.17, 15) is 4.79 Å². The fourth-order valence-corrected chi connectivity index (χ4v) is 1.92. The third-order valence-electron chi connectivity index (χ3n) is 3.34. The second-order valence-corrected chi connectivity index (χ2v) is 4.87. The molecule has 0 radical (unpaired) electrons. The zero-order valence-corrected chi connectivity index (χ0v) is 11.9. The molecule has 0 saturated heterocycles. The summed E-state index contributed by atoms with van der Waals surface area (Å²) >= 11 is 0. The van der Waals surface area contributed by atoms with Gasteiger partial charge in [-0.3, -0.25) is 9.69 Å². The Morgan fingerprint density at radius 3 is 2.65 bits per heavy atom. The summed E-state index contributed by atoms with van der Waals surface area (Å²) in [6, 6.07) is 13.4. The van der Waals surface area contributed by atoms with Crippen LogP contribution in [0.25, 0.3) is 0 Å². The van der Waals surface area contributed by atoms with Gasteiger partial charge in [0.2, 0.25) is 5.91 Å². The number of furan rings is 1. The fourth-order valence-electron chi connectivity index (χ4n) is 1.92. The van der Waals surface area contributed by atoms with Crippen molar-refractivity contribution in [1.82, 2.24) is 10.2 Å². The minimum absolute atomic E-state index is 0.0166. The number of likely N-dealkylation sites (N-methyl/N-ethyl adjacent to an activating group) is 1. The number of amides is 1. The van der Waals surface area contributed by atoms with Gasteiger partial charge in [-0.05, 0) is 31.7 Å². The first-order valence-corrected chi connectivity index (χ1v) is 6.71. The van der Waals surface area contributed by atoms with E-state index in [1.54, 1.807) is 6.26 Å². The van der Waals surface area contributed by atoms with Crippen LogP contribution in [0.3, 0.4) is 0 Å². The highest BCUT2D eigenvalue weighted by atomic mass is 16.3. The van der Waals surface area contributed by atoms with Crippen molar-refractivity contribution in [3.05, 3.63) is 60.1 Å². The molecule has 1 aromatic carbocycles. The Bertz CT molecular complexity index is 523. The maximum atomic E-state index is 12.1. The van der Waals surface area contributed by atoms with Crippen LogP contribution in [-0.2, 0) is 17.9 Å². The third-order valence-corrected chi connectivity index (χ3v) is 3.34. The van der Waals surface area contributed by atoms with Crippen LogP contribution in [0.5, 0.6) is 0 Å². The smallest absolute Gasteiger partial charge is 0.237 e. The minimum Gasteiger partial charge on any atom is -0.468 e. The molecule has 4 nitrogen and oxygen atoms in total. The molecule has 0 saturated carbocycles. The Morgan fingerprint density at radius 2 is 2.00 bits per heavy atom. The number of hydrogen-bond acceptors (Lipinski definition) is 3. The SMILES string of the molecule is C[C@@H](C(=O)NCc1ccccc1)N(C)Cc1ccco1. The van der Waals surface area contributed by atoms with Gasteiger partial charge in [-0.1, -0.05) is 30.3 Å².